The summed E-state index contributed by atoms with van der Waals surface area (Å²) in [6, 6.07) is 6.13. The van der Waals surface area contributed by atoms with Gasteiger partial charge in [-0.3, -0.25) is 15.5 Å². The number of nitro groups is 1. The summed E-state index contributed by atoms with van der Waals surface area (Å²) in [5.74, 6) is 0. The normalized spacial score (nSPS) is 10.4. The zero-order valence-corrected chi connectivity index (χ0v) is 12.5. The molecule has 5 nitrogen and oxygen atoms in total. The van der Waals surface area contributed by atoms with Crippen molar-refractivity contribution in [1.82, 2.24) is 0 Å². The monoisotopic (exact) mass is 287 g/mol. The van der Waals surface area contributed by atoms with Crippen molar-refractivity contribution in [1.29, 1.82) is 0 Å². The Hall–Kier alpha value is -2.43. The summed E-state index contributed by atoms with van der Waals surface area (Å²) in [7, 11) is 0. The third-order valence-electron chi connectivity index (χ3n) is 2.79. The number of hydrogen-bond donors (Lipinski definition) is 1. The topological polar surface area (TPSA) is 67.5 Å². The van der Waals surface area contributed by atoms with Crippen LogP contribution >= 0.6 is 0 Å². The maximum atomic E-state index is 10.5. The average molecular weight is 287 g/mol. The van der Waals surface area contributed by atoms with Crippen molar-refractivity contribution in [2.24, 2.45) is 5.10 Å². The van der Waals surface area contributed by atoms with E-state index in [1.807, 2.05) is 0 Å². The summed E-state index contributed by atoms with van der Waals surface area (Å²) >= 11 is 0. The summed E-state index contributed by atoms with van der Waals surface area (Å²) in [6.45, 7) is 8.17. The molecule has 0 aliphatic carbocycles. The van der Waals surface area contributed by atoms with Crippen molar-refractivity contribution in [3.8, 4) is 0 Å². The number of benzene rings is 1. The molecule has 0 unspecified atom stereocenters. The fraction of sp³-hybridized carbons (Fsp3) is 0.312. The number of rotatable bonds is 8. The third-order valence-corrected chi connectivity index (χ3v) is 2.79. The zero-order chi connectivity index (χ0) is 15.7. The molecule has 112 valence electrons. The average Bonchev–Trinajstić information content (AvgIpc) is 2.43. The summed E-state index contributed by atoms with van der Waals surface area (Å²) in [6.07, 6.45) is 6.62. The minimum absolute atomic E-state index is 0.0668. The van der Waals surface area contributed by atoms with Gasteiger partial charge in [-0.15, -0.1) is 0 Å². The second kappa shape index (κ2) is 8.68. The zero-order valence-electron chi connectivity index (χ0n) is 12.5. The predicted molar refractivity (Wildman–Crippen MR) is 87.6 cm³/mol. The summed E-state index contributed by atoms with van der Waals surface area (Å²) in [5.41, 5.74) is 6.06. The van der Waals surface area contributed by atoms with Crippen LogP contribution in [0.15, 0.2) is 53.2 Å². The van der Waals surface area contributed by atoms with Crippen molar-refractivity contribution in [2.75, 3.05) is 5.43 Å². The van der Waals surface area contributed by atoms with Crippen LogP contribution in [-0.2, 0) is 0 Å². The van der Waals surface area contributed by atoms with Crippen LogP contribution in [-0.4, -0.2) is 11.1 Å². The SMILES string of the molecule is C=C(CC=NNc1ccc([N+](=O)[O-])cc1)CCC=C(C)C. The van der Waals surface area contributed by atoms with Crippen LogP contribution in [0.4, 0.5) is 11.4 Å². The lowest BCUT2D eigenvalue weighted by molar-refractivity contribution is -0.384. The molecular formula is C16H21N3O2. The van der Waals surface area contributed by atoms with E-state index >= 15 is 0 Å². The molecule has 5 heteroatoms. The third kappa shape index (κ3) is 7.06. The number of hydrazone groups is 1. The van der Waals surface area contributed by atoms with Gasteiger partial charge >= 0.3 is 0 Å². The number of nitrogens with one attached hydrogen (secondary N) is 1. The minimum Gasteiger partial charge on any atom is -0.279 e. The summed E-state index contributed by atoms with van der Waals surface area (Å²) in [4.78, 5) is 10.1. The van der Waals surface area contributed by atoms with E-state index < -0.39 is 4.92 Å². The summed E-state index contributed by atoms with van der Waals surface area (Å²) < 4.78 is 0. The molecule has 1 N–H and O–H groups in total. The number of hydrogen-bond acceptors (Lipinski definition) is 4. The van der Waals surface area contributed by atoms with Crippen LogP contribution in [0.25, 0.3) is 0 Å². The van der Waals surface area contributed by atoms with Gasteiger partial charge in [0.1, 0.15) is 0 Å². The van der Waals surface area contributed by atoms with E-state index in [2.05, 4.69) is 37.0 Å². The highest BCUT2D eigenvalue weighted by molar-refractivity contribution is 5.62. The highest BCUT2D eigenvalue weighted by atomic mass is 16.6. The molecule has 0 atom stereocenters. The molecule has 0 aliphatic rings. The molecule has 0 amide bonds. The van der Waals surface area contributed by atoms with Crippen LogP contribution in [0.2, 0.25) is 0 Å². The van der Waals surface area contributed by atoms with E-state index in [0.717, 1.165) is 24.8 Å². The molecule has 0 spiro atoms. The first-order chi connectivity index (χ1) is 9.99. The van der Waals surface area contributed by atoms with Crippen LogP contribution in [0.1, 0.15) is 33.1 Å². The first-order valence-corrected chi connectivity index (χ1v) is 6.81. The Morgan fingerprint density at radius 3 is 2.62 bits per heavy atom. The van der Waals surface area contributed by atoms with Crippen molar-refractivity contribution in [2.45, 2.75) is 33.1 Å². The smallest absolute Gasteiger partial charge is 0.269 e. The second-order valence-corrected chi connectivity index (χ2v) is 5.00. The van der Waals surface area contributed by atoms with Crippen LogP contribution < -0.4 is 5.43 Å². The van der Waals surface area contributed by atoms with Crippen LogP contribution in [0, 0.1) is 10.1 Å². The number of anilines is 1. The number of allylic oxidation sites excluding steroid dienone is 3. The predicted octanol–water partition coefficient (Wildman–Crippen LogP) is 4.69. The van der Waals surface area contributed by atoms with Crippen LogP contribution in [0.5, 0.6) is 0 Å². The molecule has 1 rings (SSSR count). The molecular weight excluding hydrogens is 266 g/mol. The van der Waals surface area contributed by atoms with E-state index in [4.69, 9.17) is 0 Å². The molecule has 0 saturated heterocycles. The molecule has 0 saturated carbocycles. The molecule has 1 aromatic carbocycles. The molecule has 21 heavy (non-hydrogen) atoms. The Morgan fingerprint density at radius 1 is 1.38 bits per heavy atom. The number of nitrogens with zero attached hydrogens (tertiary/aromatic N) is 2. The molecule has 0 bridgehead atoms. The Bertz CT molecular complexity index is 541. The molecule has 0 aliphatic heterocycles. The van der Waals surface area contributed by atoms with E-state index in [1.165, 1.54) is 17.7 Å². The van der Waals surface area contributed by atoms with E-state index in [-0.39, 0.29) is 5.69 Å². The van der Waals surface area contributed by atoms with Gasteiger partial charge in [-0.05, 0) is 38.8 Å². The highest BCUT2D eigenvalue weighted by Crippen LogP contribution is 2.15. The fourth-order valence-electron chi connectivity index (χ4n) is 1.62. The minimum atomic E-state index is -0.427. The van der Waals surface area contributed by atoms with Crippen molar-refractivity contribution in [3.63, 3.8) is 0 Å². The van der Waals surface area contributed by atoms with E-state index in [0.29, 0.717) is 5.69 Å². The Balaban J connectivity index is 2.32. The van der Waals surface area contributed by atoms with E-state index in [9.17, 15) is 10.1 Å². The van der Waals surface area contributed by atoms with Gasteiger partial charge in [0.15, 0.2) is 0 Å². The maximum absolute atomic E-state index is 10.5. The Morgan fingerprint density at radius 2 is 2.05 bits per heavy atom. The fourth-order valence-corrected chi connectivity index (χ4v) is 1.62. The van der Waals surface area contributed by atoms with Gasteiger partial charge < -0.3 is 0 Å². The van der Waals surface area contributed by atoms with Crippen molar-refractivity contribution in [3.05, 3.63) is 58.2 Å². The standard InChI is InChI=1S/C16H21N3O2/c1-13(2)5-4-6-14(3)11-12-17-18-15-7-9-16(10-8-15)19(20)21/h5,7-10,12,18H,3-4,6,11H2,1-2H3. The molecule has 0 fully saturated rings. The van der Waals surface area contributed by atoms with Gasteiger partial charge in [0.2, 0.25) is 0 Å². The lowest BCUT2D eigenvalue weighted by atomic mass is 10.1. The van der Waals surface area contributed by atoms with Crippen LogP contribution in [0.3, 0.4) is 0 Å². The lowest BCUT2D eigenvalue weighted by Crippen LogP contribution is -1.92. The largest absolute Gasteiger partial charge is 0.279 e. The number of non-ortho nitro benzene ring substituents is 1. The maximum Gasteiger partial charge on any atom is 0.269 e. The molecule has 0 radical (unpaired) electrons. The Labute approximate surface area is 125 Å². The van der Waals surface area contributed by atoms with Crippen molar-refractivity contribution < 1.29 is 4.92 Å². The Kier molecular flexibility index (Phi) is 6.87. The highest BCUT2D eigenvalue weighted by Gasteiger charge is 2.02. The van der Waals surface area contributed by atoms with Gasteiger partial charge in [0, 0.05) is 24.8 Å². The van der Waals surface area contributed by atoms with E-state index in [1.54, 1.807) is 18.3 Å². The second-order valence-electron chi connectivity index (χ2n) is 5.00. The van der Waals surface area contributed by atoms with Crippen molar-refractivity contribution >= 4 is 17.6 Å². The molecule has 0 heterocycles. The van der Waals surface area contributed by atoms with Gasteiger partial charge in [-0.25, -0.2) is 0 Å². The van der Waals surface area contributed by atoms with Gasteiger partial charge in [-0.1, -0.05) is 23.8 Å². The number of nitro benzene ring substituents is 1. The van der Waals surface area contributed by atoms with Gasteiger partial charge in [-0.2, -0.15) is 5.10 Å². The summed E-state index contributed by atoms with van der Waals surface area (Å²) in [5, 5.41) is 14.6. The first-order valence-electron chi connectivity index (χ1n) is 6.81. The lowest BCUT2D eigenvalue weighted by Gasteiger charge is -2.01. The van der Waals surface area contributed by atoms with Gasteiger partial charge in [0.25, 0.3) is 5.69 Å². The molecule has 1 aromatic rings. The molecule has 0 aromatic heterocycles. The van der Waals surface area contributed by atoms with Gasteiger partial charge in [0.05, 0.1) is 10.6 Å². The quantitative estimate of drug-likeness (QED) is 0.326. The first kappa shape index (κ1) is 16.6.